The maximum atomic E-state index is 13.1. The number of nitrogens with two attached hydrogens (primary N) is 1. The maximum absolute atomic E-state index is 13.1. The van der Waals surface area contributed by atoms with Gasteiger partial charge >= 0.3 is 6.03 Å². The average Bonchev–Trinajstić information content (AvgIpc) is 3.29. The van der Waals surface area contributed by atoms with Crippen molar-refractivity contribution in [3.05, 3.63) is 35.5 Å². The minimum atomic E-state index is -0.680. The number of hydrogen-bond acceptors (Lipinski definition) is 8. The van der Waals surface area contributed by atoms with Gasteiger partial charge in [0.2, 0.25) is 5.95 Å². The van der Waals surface area contributed by atoms with E-state index in [4.69, 9.17) is 5.73 Å². The Morgan fingerprint density at radius 3 is 2.32 bits per heavy atom. The van der Waals surface area contributed by atoms with Crippen LogP contribution in [-0.4, -0.2) is 88.3 Å². The van der Waals surface area contributed by atoms with Crippen LogP contribution >= 0.6 is 0 Å². The Labute approximate surface area is 223 Å². The van der Waals surface area contributed by atoms with E-state index in [-0.39, 0.29) is 17.8 Å². The molecule has 0 spiro atoms. The first-order valence-corrected chi connectivity index (χ1v) is 14.0. The number of nitrogens with one attached hydrogen (secondary N) is 2. The third-order valence-electron chi connectivity index (χ3n) is 8.60. The molecule has 202 valence electrons. The summed E-state index contributed by atoms with van der Waals surface area (Å²) in [6, 6.07) is 8.98. The summed E-state index contributed by atoms with van der Waals surface area (Å²) in [5.74, 6) is 0.624. The molecule has 4 fully saturated rings. The third kappa shape index (κ3) is 4.99. The first-order valence-electron chi connectivity index (χ1n) is 14.0. The van der Waals surface area contributed by atoms with Crippen LogP contribution in [0.2, 0.25) is 0 Å². The minimum Gasteiger partial charge on any atom is -0.364 e. The zero-order chi connectivity index (χ0) is 26.1. The third-order valence-corrected chi connectivity index (χ3v) is 8.60. The number of urea groups is 1. The molecule has 2 aromatic rings. The molecule has 11 nitrogen and oxygen atoms in total. The highest BCUT2D eigenvalue weighted by Gasteiger charge is 2.40. The fourth-order valence-corrected chi connectivity index (χ4v) is 6.17. The molecule has 6 rings (SSSR count). The van der Waals surface area contributed by atoms with Crippen LogP contribution in [0.25, 0.3) is 0 Å². The van der Waals surface area contributed by atoms with Gasteiger partial charge in [0, 0.05) is 37.9 Å². The van der Waals surface area contributed by atoms with Crippen LogP contribution < -0.4 is 21.3 Å². The quantitative estimate of drug-likeness (QED) is 0.508. The summed E-state index contributed by atoms with van der Waals surface area (Å²) in [5, 5.41) is 15.0. The molecule has 0 bridgehead atoms. The van der Waals surface area contributed by atoms with Gasteiger partial charge in [0.25, 0.3) is 5.91 Å². The van der Waals surface area contributed by atoms with Gasteiger partial charge in [-0.25, -0.2) is 4.79 Å². The van der Waals surface area contributed by atoms with Gasteiger partial charge in [0.05, 0.1) is 6.04 Å². The van der Waals surface area contributed by atoms with Crippen molar-refractivity contribution in [3.63, 3.8) is 0 Å². The fourth-order valence-electron chi connectivity index (χ4n) is 6.17. The summed E-state index contributed by atoms with van der Waals surface area (Å²) in [6.45, 7) is 5.09. The number of benzene rings is 1. The van der Waals surface area contributed by atoms with Crippen molar-refractivity contribution in [2.45, 2.75) is 62.9 Å². The van der Waals surface area contributed by atoms with E-state index in [1.165, 1.54) is 12.0 Å². The molecule has 4 aliphatic rings. The van der Waals surface area contributed by atoms with E-state index in [0.717, 1.165) is 76.9 Å². The smallest absolute Gasteiger partial charge is 0.320 e. The van der Waals surface area contributed by atoms with E-state index in [1.54, 1.807) is 0 Å². The first-order chi connectivity index (χ1) is 18.6. The average molecular weight is 520 g/mol. The fraction of sp³-hybridized carbons (Fsp3) is 0.593. The second kappa shape index (κ2) is 10.7. The topological polar surface area (TPSA) is 133 Å². The highest BCUT2D eigenvalue weighted by atomic mass is 16.2. The molecule has 11 heteroatoms. The number of piperidine rings is 2. The molecule has 4 N–H and O–H groups in total. The number of rotatable bonds is 7. The normalized spacial score (nSPS) is 23.0. The molecule has 1 aromatic heterocycles. The van der Waals surface area contributed by atoms with Crippen LogP contribution in [0.5, 0.6) is 0 Å². The zero-order valence-electron chi connectivity index (χ0n) is 21.8. The zero-order valence-corrected chi connectivity index (χ0v) is 21.8. The van der Waals surface area contributed by atoms with Crippen LogP contribution in [0.4, 0.5) is 22.2 Å². The molecule has 1 aromatic carbocycles. The lowest BCUT2D eigenvalue weighted by atomic mass is 9.90. The van der Waals surface area contributed by atoms with Crippen LogP contribution in [0.3, 0.4) is 0 Å². The highest BCUT2D eigenvalue weighted by Crippen LogP contribution is 2.31. The molecule has 0 radical (unpaired) electrons. The molecule has 4 heterocycles. The van der Waals surface area contributed by atoms with E-state index >= 15 is 0 Å². The Balaban J connectivity index is 1.16. The molecule has 3 saturated heterocycles. The molecule has 3 amide bonds. The lowest BCUT2D eigenvalue weighted by Crippen LogP contribution is -2.51. The van der Waals surface area contributed by atoms with Crippen molar-refractivity contribution in [2.24, 2.45) is 5.73 Å². The first kappa shape index (κ1) is 24.8. The lowest BCUT2D eigenvalue weighted by molar-refractivity contribution is 0.0995. The minimum absolute atomic E-state index is 0.00982. The highest BCUT2D eigenvalue weighted by molar-refractivity contribution is 5.96. The Bertz CT molecular complexity index is 1160. The molecule has 1 unspecified atom stereocenters. The number of aromatic nitrogens is 3. The van der Waals surface area contributed by atoms with E-state index in [9.17, 15) is 9.59 Å². The van der Waals surface area contributed by atoms with Crippen molar-refractivity contribution in [1.82, 2.24) is 30.3 Å². The summed E-state index contributed by atoms with van der Waals surface area (Å²) in [5.41, 5.74) is 7.74. The van der Waals surface area contributed by atoms with Gasteiger partial charge in [-0.1, -0.05) is 12.1 Å². The number of amides is 3. The molecule has 1 saturated carbocycles. The van der Waals surface area contributed by atoms with Crippen molar-refractivity contribution >= 4 is 29.4 Å². The molecule has 38 heavy (non-hydrogen) atoms. The lowest BCUT2D eigenvalue weighted by Gasteiger charge is -2.39. The number of carbonyl (C=O) groups excluding carboxylic acids is 2. The number of anilines is 3. The summed E-state index contributed by atoms with van der Waals surface area (Å²) < 4.78 is 0. The SMILES string of the molecule is NC(=O)c1nnc(N2CCCC(N3CCN(C4CCC4)C3=O)C2)nc1Nc1ccc(C2CCNCC2)cc1. The van der Waals surface area contributed by atoms with Crippen molar-refractivity contribution in [1.29, 1.82) is 0 Å². The van der Waals surface area contributed by atoms with Gasteiger partial charge < -0.3 is 31.1 Å². The number of hydrogen-bond donors (Lipinski definition) is 3. The Morgan fingerprint density at radius 2 is 1.63 bits per heavy atom. The van der Waals surface area contributed by atoms with E-state index in [0.29, 0.717) is 30.3 Å². The van der Waals surface area contributed by atoms with Gasteiger partial charge in [-0.15, -0.1) is 10.2 Å². The summed E-state index contributed by atoms with van der Waals surface area (Å²) in [4.78, 5) is 36.1. The standard InChI is InChI=1S/C27H37N9O2/c28-24(37)23-25(30-20-8-6-18(7-9-20)19-10-12-29-13-11-19)31-26(33-32-23)34-14-2-5-22(17-34)36-16-15-35(27(36)38)21-3-1-4-21/h6-9,19,21-22,29H,1-5,10-17H2,(H2,28,37)(H,30,31,33). The molecule has 3 aliphatic heterocycles. The molecular formula is C27H37N9O2. The maximum Gasteiger partial charge on any atom is 0.320 e. The van der Waals surface area contributed by atoms with Crippen LogP contribution in [-0.2, 0) is 0 Å². The van der Waals surface area contributed by atoms with Gasteiger partial charge in [0.1, 0.15) is 0 Å². The van der Waals surface area contributed by atoms with Gasteiger partial charge in [-0.05, 0) is 81.6 Å². The number of primary amides is 1. The number of nitrogens with zero attached hydrogens (tertiary/aromatic N) is 6. The van der Waals surface area contributed by atoms with Crippen molar-refractivity contribution in [3.8, 4) is 0 Å². The predicted molar refractivity (Wildman–Crippen MR) is 145 cm³/mol. The van der Waals surface area contributed by atoms with Crippen LogP contribution in [0.15, 0.2) is 24.3 Å². The van der Waals surface area contributed by atoms with Gasteiger partial charge in [-0.2, -0.15) is 4.98 Å². The van der Waals surface area contributed by atoms with E-state index in [1.807, 2.05) is 17.0 Å². The number of carbonyl (C=O) groups is 2. The van der Waals surface area contributed by atoms with Gasteiger partial charge in [0.15, 0.2) is 11.5 Å². The summed E-state index contributed by atoms with van der Waals surface area (Å²) in [6.07, 6.45) is 7.63. The Morgan fingerprint density at radius 1 is 0.921 bits per heavy atom. The van der Waals surface area contributed by atoms with Crippen LogP contribution in [0.1, 0.15) is 66.9 Å². The second-order valence-electron chi connectivity index (χ2n) is 10.9. The molecule has 1 aliphatic carbocycles. The monoisotopic (exact) mass is 519 g/mol. The molecule has 1 atom stereocenters. The Kier molecular flexibility index (Phi) is 7.01. The van der Waals surface area contributed by atoms with E-state index < -0.39 is 5.91 Å². The largest absolute Gasteiger partial charge is 0.364 e. The second-order valence-corrected chi connectivity index (χ2v) is 10.9. The van der Waals surface area contributed by atoms with Gasteiger partial charge in [-0.3, -0.25) is 4.79 Å². The van der Waals surface area contributed by atoms with Crippen LogP contribution in [0, 0.1) is 0 Å². The summed E-state index contributed by atoms with van der Waals surface area (Å²) >= 11 is 0. The van der Waals surface area contributed by atoms with Crippen molar-refractivity contribution in [2.75, 3.05) is 49.5 Å². The molecular weight excluding hydrogens is 482 g/mol. The predicted octanol–water partition coefficient (Wildman–Crippen LogP) is 2.44. The Hall–Kier alpha value is -3.47. The summed E-state index contributed by atoms with van der Waals surface area (Å²) in [7, 11) is 0. The van der Waals surface area contributed by atoms with Crippen molar-refractivity contribution < 1.29 is 9.59 Å². The van der Waals surface area contributed by atoms with E-state index in [2.05, 4.69) is 47.7 Å².